The molecule has 0 unspecified atom stereocenters. The van der Waals surface area contributed by atoms with Gasteiger partial charge in [-0.05, 0) is 59.7 Å². The second kappa shape index (κ2) is 10.2. The Kier molecular flexibility index (Phi) is 6.82. The van der Waals surface area contributed by atoms with Crippen LogP contribution in [0.5, 0.6) is 5.75 Å². The molecule has 184 valence electrons. The molecule has 0 atom stereocenters. The number of imide groups is 2. The van der Waals surface area contributed by atoms with E-state index in [1.54, 1.807) is 30.3 Å². The van der Waals surface area contributed by atoms with Gasteiger partial charge in [0.2, 0.25) is 0 Å². The molecule has 1 N–H and O–H groups in total. The van der Waals surface area contributed by atoms with Gasteiger partial charge in [0.05, 0.1) is 5.69 Å². The zero-order valence-electron chi connectivity index (χ0n) is 19.6. The van der Waals surface area contributed by atoms with Crippen molar-refractivity contribution in [3.8, 4) is 5.75 Å². The first-order chi connectivity index (χ1) is 17.8. The van der Waals surface area contributed by atoms with Crippen LogP contribution in [0.1, 0.15) is 16.7 Å². The van der Waals surface area contributed by atoms with Crippen molar-refractivity contribution in [1.29, 1.82) is 0 Å². The maximum absolute atomic E-state index is 13.5. The Morgan fingerprint density at radius 2 is 1.73 bits per heavy atom. The highest BCUT2D eigenvalue weighted by atomic mass is 79.9. The Labute approximate surface area is 226 Å². The highest BCUT2D eigenvalue weighted by Gasteiger charge is 2.37. The van der Waals surface area contributed by atoms with Crippen molar-refractivity contribution in [3.05, 3.63) is 111 Å². The van der Waals surface area contributed by atoms with Crippen LogP contribution in [0.25, 0.3) is 16.8 Å². The van der Waals surface area contributed by atoms with Gasteiger partial charge < -0.3 is 4.74 Å². The van der Waals surface area contributed by atoms with Crippen molar-refractivity contribution in [3.63, 3.8) is 0 Å². The summed E-state index contributed by atoms with van der Waals surface area (Å²) in [4.78, 5) is 40.0. The number of carbonyl (C=O) groups is 3. The SMILES string of the molecule is Cc1cc(N2C(=O)NC(=O)/C(=C/c3c(OCc4ccccc4Cl)ccc4ccccc34)C2=O)ccc1Br. The molecular formula is C29H20BrClN2O4. The van der Waals surface area contributed by atoms with Gasteiger partial charge in [-0.3, -0.25) is 14.9 Å². The van der Waals surface area contributed by atoms with Crippen molar-refractivity contribution in [2.45, 2.75) is 13.5 Å². The summed E-state index contributed by atoms with van der Waals surface area (Å²) in [6.45, 7) is 2.04. The van der Waals surface area contributed by atoms with Crippen molar-refractivity contribution in [1.82, 2.24) is 5.32 Å². The fourth-order valence-corrected chi connectivity index (χ4v) is 4.56. The topological polar surface area (TPSA) is 75.7 Å². The third-order valence-electron chi connectivity index (χ3n) is 6.06. The van der Waals surface area contributed by atoms with Crippen molar-refractivity contribution in [2.75, 3.05) is 4.90 Å². The number of nitrogens with zero attached hydrogens (tertiary/aromatic N) is 1. The normalized spacial score (nSPS) is 14.8. The van der Waals surface area contributed by atoms with E-state index in [9.17, 15) is 14.4 Å². The average molecular weight is 576 g/mol. The Morgan fingerprint density at radius 3 is 2.51 bits per heavy atom. The molecule has 1 heterocycles. The maximum Gasteiger partial charge on any atom is 0.335 e. The van der Waals surface area contributed by atoms with Gasteiger partial charge >= 0.3 is 6.03 Å². The van der Waals surface area contributed by atoms with E-state index in [-0.39, 0.29) is 12.2 Å². The molecule has 1 aliphatic rings. The molecule has 1 fully saturated rings. The summed E-state index contributed by atoms with van der Waals surface area (Å²) in [7, 11) is 0. The summed E-state index contributed by atoms with van der Waals surface area (Å²) in [6.07, 6.45) is 1.48. The molecule has 37 heavy (non-hydrogen) atoms. The number of halogens is 2. The fraction of sp³-hybridized carbons (Fsp3) is 0.0690. The quantitative estimate of drug-likeness (QED) is 0.210. The number of aryl methyl sites for hydroxylation is 1. The van der Waals surface area contributed by atoms with Gasteiger partial charge in [0.25, 0.3) is 11.8 Å². The van der Waals surface area contributed by atoms with Crippen molar-refractivity contribution in [2.24, 2.45) is 0 Å². The molecule has 4 amide bonds. The summed E-state index contributed by atoms with van der Waals surface area (Å²) >= 11 is 9.72. The molecule has 8 heteroatoms. The molecule has 6 nitrogen and oxygen atoms in total. The van der Waals surface area contributed by atoms with E-state index in [1.807, 2.05) is 55.5 Å². The number of amides is 4. The van der Waals surface area contributed by atoms with Gasteiger partial charge in [0, 0.05) is 20.6 Å². The molecule has 0 bridgehead atoms. The number of anilines is 1. The summed E-state index contributed by atoms with van der Waals surface area (Å²) < 4.78 is 6.96. The number of hydrogen-bond donors (Lipinski definition) is 1. The van der Waals surface area contributed by atoms with Gasteiger partial charge in [-0.2, -0.15) is 0 Å². The van der Waals surface area contributed by atoms with Crippen LogP contribution in [0.15, 0.2) is 88.9 Å². The molecule has 5 rings (SSSR count). The highest BCUT2D eigenvalue weighted by molar-refractivity contribution is 9.10. The van der Waals surface area contributed by atoms with Crippen LogP contribution < -0.4 is 15.0 Å². The predicted molar refractivity (Wildman–Crippen MR) is 148 cm³/mol. The number of benzene rings is 4. The monoisotopic (exact) mass is 574 g/mol. The van der Waals surface area contributed by atoms with Gasteiger partial charge in [-0.15, -0.1) is 0 Å². The Bertz CT molecular complexity index is 1620. The first-order valence-corrected chi connectivity index (χ1v) is 12.6. The number of nitrogens with one attached hydrogen (secondary N) is 1. The van der Waals surface area contributed by atoms with Crippen molar-refractivity contribution >= 4 is 67.9 Å². The zero-order valence-corrected chi connectivity index (χ0v) is 22.0. The van der Waals surface area contributed by atoms with E-state index in [1.165, 1.54) is 6.08 Å². The Hall–Kier alpha value is -3.94. The molecule has 0 spiro atoms. The summed E-state index contributed by atoms with van der Waals surface area (Å²) in [5.41, 5.74) is 2.36. The smallest absolute Gasteiger partial charge is 0.335 e. The van der Waals surface area contributed by atoms with Crippen LogP contribution in [0.2, 0.25) is 5.02 Å². The molecule has 1 aliphatic heterocycles. The number of barbiturate groups is 1. The van der Waals surface area contributed by atoms with E-state index in [4.69, 9.17) is 16.3 Å². The minimum absolute atomic E-state index is 0.181. The van der Waals surface area contributed by atoms with Crippen LogP contribution >= 0.6 is 27.5 Å². The lowest BCUT2D eigenvalue weighted by molar-refractivity contribution is -0.122. The summed E-state index contributed by atoms with van der Waals surface area (Å²) in [5, 5.41) is 4.55. The van der Waals surface area contributed by atoms with Crippen LogP contribution in [0, 0.1) is 6.92 Å². The van der Waals surface area contributed by atoms with Crippen molar-refractivity contribution < 1.29 is 19.1 Å². The number of ether oxygens (including phenoxy) is 1. The number of urea groups is 1. The van der Waals surface area contributed by atoms with E-state index < -0.39 is 17.8 Å². The van der Waals surface area contributed by atoms with Gasteiger partial charge in [0.15, 0.2) is 0 Å². The zero-order chi connectivity index (χ0) is 26.1. The number of rotatable bonds is 5. The lowest BCUT2D eigenvalue weighted by Gasteiger charge is -2.27. The maximum atomic E-state index is 13.5. The molecule has 0 aliphatic carbocycles. The molecule has 0 aromatic heterocycles. The van der Waals surface area contributed by atoms with E-state index >= 15 is 0 Å². The molecular weight excluding hydrogens is 556 g/mol. The molecule has 0 radical (unpaired) electrons. The van der Waals surface area contributed by atoms with E-state index in [2.05, 4.69) is 21.2 Å². The standard InChI is InChI=1S/C29H20BrClN2O4/c1-17-14-20(11-12-24(17)30)33-28(35)23(27(34)32-29(33)36)15-22-21-8-4-2-6-18(21)10-13-26(22)37-16-19-7-3-5-9-25(19)31/h2-15H,16H2,1H3,(H,32,34,36)/b23-15-. The third kappa shape index (κ3) is 4.88. The fourth-order valence-electron chi connectivity index (χ4n) is 4.13. The molecule has 4 aromatic carbocycles. The van der Waals surface area contributed by atoms with Crippen LogP contribution in [-0.4, -0.2) is 17.8 Å². The van der Waals surface area contributed by atoms with Gasteiger partial charge in [-0.1, -0.05) is 76.1 Å². The summed E-state index contributed by atoms with van der Waals surface area (Å²) in [6, 6.07) is 22.9. The second-order valence-electron chi connectivity index (χ2n) is 8.47. The number of carbonyl (C=O) groups excluding carboxylic acids is 3. The Balaban J connectivity index is 1.59. The number of hydrogen-bond acceptors (Lipinski definition) is 4. The third-order valence-corrected chi connectivity index (χ3v) is 7.32. The number of fused-ring (bicyclic) bond motifs is 1. The molecule has 4 aromatic rings. The minimum atomic E-state index is -0.804. The highest BCUT2D eigenvalue weighted by Crippen LogP contribution is 2.33. The lowest BCUT2D eigenvalue weighted by Crippen LogP contribution is -2.54. The van der Waals surface area contributed by atoms with E-state index in [0.717, 1.165) is 31.3 Å². The van der Waals surface area contributed by atoms with E-state index in [0.29, 0.717) is 22.0 Å². The van der Waals surface area contributed by atoms with Crippen LogP contribution in [-0.2, 0) is 16.2 Å². The van der Waals surface area contributed by atoms with Crippen LogP contribution in [0.4, 0.5) is 10.5 Å². The largest absolute Gasteiger partial charge is 0.488 e. The predicted octanol–water partition coefficient (Wildman–Crippen LogP) is 6.81. The lowest BCUT2D eigenvalue weighted by atomic mass is 9.99. The first kappa shape index (κ1) is 24.7. The van der Waals surface area contributed by atoms with Crippen LogP contribution in [0.3, 0.4) is 0 Å². The summed E-state index contributed by atoms with van der Waals surface area (Å²) in [5.74, 6) is -1.03. The first-order valence-electron chi connectivity index (χ1n) is 11.4. The second-order valence-corrected chi connectivity index (χ2v) is 9.73. The van der Waals surface area contributed by atoms with Gasteiger partial charge in [-0.25, -0.2) is 9.69 Å². The Morgan fingerprint density at radius 1 is 0.973 bits per heavy atom. The van der Waals surface area contributed by atoms with Gasteiger partial charge in [0.1, 0.15) is 17.9 Å². The average Bonchev–Trinajstić information content (AvgIpc) is 2.88. The molecule has 1 saturated heterocycles. The minimum Gasteiger partial charge on any atom is -0.488 e. The molecule has 0 saturated carbocycles.